The van der Waals surface area contributed by atoms with Gasteiger partial charge in [0.15, 0.2) is 0 Å². The van der Waals surface area contributed by atoms with Gasteiger partial charge < -0.3 is 20.3 Å². The van der Waals surface area contributed by atoms with Gasteiger partial charge in [0.05, 0.1) is 25.4 Å². The van der Waals surface area contributed by atoms with E-state index < -0.39 is 12.1 Å². The lowest BCUT2D eigenvalue weighted by atomic mass is 10.0. The fourth-order valence-corrected chi connectivity index (χ4v) is 10.6. The van der Waals surface area contributed by atoms with Crippen molar-refractivity contribution in [3.63, 3.8) is 0 Å². The van der Waals surface area contributed by atoms with E-state index >= 15 is 0 Å². The van der Waals surface area contributed by atoms with Crippen molar-refractivity contribution in [3.05, 3.63) is 24.3 Å². The van der Waals surface area contributed by atoms with Gasteiger partial charge in [-0.05, 0) is 77.0 Å². The number of ether oxygens (including phenoxy) is 1. The van der Waals surface area contributed by atoms with Crippen LogP contribution in [0.5, 0.6) is 0 Å². The van der Waals surface area contributed by atoms with Crippen molar-refractivity contribution in [2.75, 3.05) is 13.2 Å². The Bertz CT molecular complexity index is 1150. The van der Waals surface area contributed by atoms with Gasteiger partial charge in [-0.25, -0.2) is 0 Å². The number of unbranched alkanes of at least 4 members (excludes halogenated alkanes) is 48. The van der Waals surface area contributed by atoms with Crippen molar-refractivity contribution in [1.29, 1.82) is 0 Å². The molecule has 0 bridgehead atoms. The normalized spacial score (nSPS) is 12.6. The molecule has 0 aromatic rings. The molecule has 3 N–H and O–H groups in total. The topological polar surface area (TPSA) is 95.9 Å². The lowest BCUT2D eigenvalue weighted by molar-refractivity contribution is -0.143. The highest BCUT2D eigenvalue weighted by molar-refractivity contribution is 5.76. The van der Waals surface area contributed by atoms with Crippen LogP contribution in [0.1, 0.15) is 373 Å². The van der Waals surface area contributed by atoms with Crippen LogP contribution in [0.4, 0.5) is 0 Å². The summed E-state index contributed by atoms with van der Waals surface area (Å²) in [4.78, 5) is 24.6. The minimum Gasteiger partial charge on any atom is -0.466 e. The van der Waals surface area contributed by atoms with E-state index in [1.54, 1.807) is 0 Å². The molecule has 0 heterocycles. The molecule has 0 radical (unpaired) electrons. The van der Waals surface area contributed by atoms with E-state index in [0.717, 1.165) is 44.9 Å². The van der Waals surface area contributed by atoms with Crippen LogP contribution >= 0.6 is 0 Å². The third-order valence-electron chi connectivity index (χ3n) is 15.7. The van der Waals surface area contributed by atoms with Crippen LogP contribution in [0.15, 0.2) is 24.3 Å². The number of carbonyl (C=O) groups is 2. The number of aliphatic hydroxyl groups is 2. The van der Waals surface area contributed by atoms with Gasteiger partial charge in [-0.2, -0.15) is 0 Å². The Morgan fingerprint density at radius 1 is 0.365 bits per heavy atom. The van der Waals surface area contributed by atoms with Crippen LogP contribution in [0.2, 0.25) is 0 Å². The summed E-state index contributed by atoms with van der Waals surface area (Å²) >= 11 is 0. The van der Waals surface area contributed by atoms with E-state index in [9.17, 15) is 19.8 Å². The average molecular weight is 1040 g/mol. The van der Waals surface area contributed by atoms with Crippen LogP contribution in [-0.2, 0) is 14.3 Å². The maximum absolute atomic E-state index is 12.5. The minimum atomic E-state index is -0.668. The van der Waals surface area contributed by atoms with Gasteiger partial charge >= 0.3 is 5.97 Å². The third kappa shape index (κ3) is 59.6. The molecular weight excluding hydrogens is 911 g/mol. The number of carbonyl (C=O) groups excluding carboxylic acids is 2. The Hall–Kier alpha value is -1.66. The van der Waals surface area contributed by atoms with Crippen molar-refractivity contribution in [1.82, 2.24) is 5.32 Å². The molecule has 0 aliphatic heterocycles. The van der Waals surface area contributed by atoms with E-state index in [2.05, 4.69) is 43.5 Å². The molecule has 438 valence electrons. The number of aliphatic hydroxyl groups excluding tert-OH is 2. The second-order valence-corrected chi connectivity index (χ2v) is 23.1. The lowest BCUT2D eigenvalue weighted by Crippen LogP contribution is -2.45. The third-order valence-corrected chi connectivity index (χ3v) is 15.7. The van der Waals surface area contributed by atoms with Crippen molar-refractivity contribution in [2.24, 2.45) is 0 Å². The van der Waals surface area contributed by atoms with Crippen molar-refractivity contribution < 1.29 is 24.5 Å². The number of hydrogen-bond acceptors (Lipinski definition) is 5. The SMILES string of the molecule is CCCCCC/C=C\CCCCCCCC(=O)OCCCCCCCCCCCCCC/C=C\CCCCCCCCCCC(=O)NC(CO)C(O)CCCCCCCCCCCCCCCCCCCCCC. The highest BCUT2D eigenvalue weighted by Crippen LogP contribution is 2.18. The molecule has 0 rings (SSSR count). The summed E-state index contributed by atoms with van der Waals surface area (Å²) < 4.78 is 5.47. The molecule has 74 heavy (non-hydrogen) atoms. The smallest absolute Gasteiger partial charge is 0.305 e. The number of nitrogens with one attached hydrogen (secondary N) is 1. The molecule has 0 aromatic heterocycles. The van der Waals surface area contributed by atoms with Gasteiger partial charge in [0.2, 0.25) is 5.91 Å². The van der Waals surface area contributed by atoms with Crippen molar-refractivity contribution in [2.45, 2.75) is 386 Å². The summed E-state index contributed by atoms with van der Waals surface area (Å²) in [7, 11) is 0. The first kappa shape index (κ1) is 72.3. The second-order valence-electron chi connectivity index (χ2n) is 23.1. The number of esters is 1. The van der Waals surface area contributed by atoms with E-state index in [1.807, 2.05) is 0 Å². The predicted molar refractivity (Wildman–Crippen MR) is 324 cm³/mol. The van der Waals surface area contributed by atoms with Gasteiger partial charge in [-0.15, -0.1) is 0 Å². The molecule has 6 nitrogen and oxygen atoms in total. The number of hydrogen-bond donors (Lipinski definition) is 3. The molecule has 2 atom stereocenters. The summed E-state index contributed by atoms with van der Waals surface area (Å²) in [6.07, 6.45) is 79.2. The summed E-state index contributed by atoms with van der Waals surface area (Å²) in [5, 5.41) is 23.4. The molecule has 0 aliphatic rings. The zero-order valence-corrected chi connectivity index (χ0v) is 50.1. The zero-order valence-electron chi connectivity index (χ0n) is 50.1. The highest BCUT2D eigenvalue weighted by Gasteiger charge is 2.20. The first-order chi connectivity index (χ1) is 36.5. The Kier molecular flexibility index (Phi) is 62.4. The van der Waals surface area contributed by atoms with Gasteiger partial charge in [0.25, 0.3) is 0 Å². The molecule has 6 heteroatoms. The largest absolute Gasteiger partial charge is 0.466 e. The predicted octanol–water partition coefficient (Wildman–Crippen LogP) is 21.4. The Balaban J connectivity index is 3.41. The summed E-state index contributed by atoms with van der Waals surface area (Å²) in [5.74, 6) is -0.0320. The molecule has 0 aliphatic carbocycles. The lowest BCUT2D eigenvalue weighted by Gasteiger charge is -2.22. The van der Waals surface area contributed by atoms with Gasteiger partial charge in [0, 0.05) is 12.8 Å². The fourth-order valence-electron chi connectivity index (χ4n) is 10.6. The van der Waals surface area contributed by atoms with E-state index in [-0.39, 0.29) is 18.5 Å². The summed E-state index contributed by atoms with van der Waals surface area (Å²) in [5.41, 5.74) is 0. The number of amides is 1. The Morgan fingerprint density at radius 3 is 0.973 bits per heavy atom. The number of allylic oxidation sites excluding steroid dienone is 4. The van der Waals surface area contributed by atoms with Crippen LogP contribution in [0.25, 0.3) is 0 Å². The first-order valence-corrected chi connectivity index (χ1v) is 33.6. The van der Waals surface area contributed by atoms with Gasteiger partial charge in [-0.1, -0.05) is 308 Å². The van der Waals surface area contributed by atoms with Crippen molar-refractivity contribution in [3.8, 4) is 0 Å². The maximum Gasteiger partial charge on any atom is 0.305 e. The molecule has 0 saturated carbocycles. The van der Waals surface area contributed by atoms with Gasteiger partial charge in [-0.3, -0.25) is 9.59 Å². The van der Waals surface area contributed by atoms with Crippen LogP contribution in [0.3, 0.4) is 0 Å². The van der Waals surface area contributed by atoms with Crippen LogP contribution in [0, 0.1) is 0 Å². The van der Waals surface area contributed by atoms with E-state index in [1.165, 1.54) is 295 Å². The highest BCUT2D eigenvalue weighted by atomic mass is 16.5. The molecule has 2 unspecified atom stereocenters. The maximum atomic E-state index is 12.5. The Morgan fingerprint density at radius 2 is 0.635 bits per heavy atom. The van der Waals surface area contributed by atoms with Crippen LogP contribution < -0.4 is 5.32 Å². The quantitative estimate of drug-likeness (QED) is 0.0320. The summed E-state index contributed by atoms with van der Waals surface area (Å²) in [6.45, 7) is 4.96. The summed E-state index contributed by atoms with van der Waals surface area (Å²) in [6, 6.07) is -0.545. The molecule has 0 spiro atoms. The first-order valence-electron chi connectivity index (χ1n) is 33.6. The molecule has 0 fully saturated rings. The molecule has 0 saturated heterocycles. The van der Waals surface area contributed by atoms with E-state index in [0.29, 0.717) is 25.9 Å². The zero-order chi connectivity index (χ0) is 53.6. The number of rotatable bonds is 63. The Labute approximate surface area is 462 Å². The minimum absolute atomic E-state index is 0.00389. The second kappa shape index (κ2) is 63.9. The fraction of sp³-hybridized carbons (Fsp3) is 0.912. The molecule has 1 amide bonds. The van der Waals surface area contributed by atoms with Crippen molar-refractivity contribution >= 4 is 11.9 Å². The monoisotopic (exact) mass is 1040 g/mol. The molecule has 0 aromatic carbocycles. The average Bonchev–Trinajstić information content (AvgIpc) is 3.40. The van der Waals surface area contributed by atoms with Crippen LogP contribution in [-0.4, -0.2) is 47.4 Å². The molecular formula is C68H131NO5. The van der Waals surface area contributed by atoms with E-state index in [4.69, 9.17) is 4.74 Å². The standard InChI is InChI=1S/C68H131NO5/c1-3-5-7-9-11-13-15-17-18-19-20-27-30-33-37-40-44-48-52-56-60-66(71)65(64-70)69-67(72)61-57-53-49-45-41-38-34-31-28-25-23-21-22-24-26-29-32-35-39-43-47-51-55-59-63-74-68(73)62-58-54-50-46-42-36-16-14-12-10-8-6-4-2/h14,16,23,25,65-66,70-71H,3-13,15,17-22,24,26-64H2,1-2H3,(H,69,72)/b16-14-,25-23-. The van der Waals surface area contributed by atoms with Gasteiger partial charge in [0.1, 0.15) is 0 Å².